The number of aryl methyl sites for hydroxylation is 4. The number of esters is 12. The largest absolute Gasteiger partial charge is 0.466 e. The number of ketones is 3. The predicted octanol–water partition coefficient (Wildman–Crippen LogP) is 13.0. The van der Waals surface area contributed by atoms with Crippen LogP contribution in [0.5, 0.6) is 0 Å². The average Bonchev–Trinajstić information content (AvgIpc) is 1.64. The summed E-state index contributed by atoms with van der Waals surface area (Å²) in [6.45, 7) is 29.6. The normalized spacial score (nSPS) is 11.6. The summed E-state index contributed by atoms with van der Waals surface area (Å²) in [6.07, 6.45) is 13.3. The van der Waals surface area contributed by atoms with Crippen LogP contribution in [0.25, 0.3) is 11.3 Å². The molecule has 7 aromatic heterocycles. The topological polar surface area (TPSA) is 534 Å². The van der Waals surface area contributed by atoms with E-state index in [-0.39, 0.29) is 122 Å². The number of halogens is 5. The standard InChI is InChI=1S/C16H20ClNO6.C12H11N3O.C11H10ClNO3.C11H17NO4.C9H9BrClNO2.C9H10ClNO2.C9H11NO3.C6H11NO2.C6H10O3.C4H4O2/c1-4-22-14(19)10-7-8-13(17)18-12(10)9-11(15(20)23-5-2)16(21)24-6-3;1-15-7-8(6-13-15)10-3-2-9-11(14-10)4-5-12(9)16;1-2-16-11(15)7-5-8-6(10(7)14)3-4-9(12)13-8;1-4-15-10(13)7-6-9(8(3)12)11(14)16-5-2;1-2-14-9(13)6-3-4-8(11)12-7(6)5-10;1-3-13-9(12)7-4-5-8(10)11-6(7)2;1-3-13-9(12)7-4-5-8(11)10-6(7)2;2*1-3-9-6(8)4-5(2)7;1-3-4(5)6-2/h7-8,11H,4-6,9H2,1-3H3;2-3,6-7H,4-5H2,1H3;3-4,7H,2,5H2,1H3;6-7H,4-5,12H2,1-3H3;3-4H,2,5H2,1H3;4-5H,3H2,1-2H3;4-5H,3H2,1-2H3,(H,10,11);4H,3,7H2,1-2H3;3-4H2,1-2H3;1H,2H3/b;;;7-6+,9-8-;;;;5-4-;;. The van der Waals surface area contributed by atoms with Gasteiger partial charge in [-0.1, -0.05) is 62.3 Å². The molecule has 0 amide bonds. The number of pyridine rings is 6. The second-order valence-corrected chi connectivity index (χ2v) is 28.7. The van der Waals surface area contributed by atoms with Gasteiger partial charge in [-0.25, -0.2) is 58.3 Å². The molecule has 43 heteroatoms. The van der Waals surface area contributed by atoms with Crippen molar-refractivity contribution < 1.29 is 129 Å². The van der Waals surface area contributed by atoms with Gasteiger partial charge in [-0.15, -0.1) is 6.42 Å². The Bertz CT molecular complexity index is 5390. The lowest BCUT2D eigenvalue weighted by Gasteiger charge is -2.15. The van der Waals surface area contributed by atoms with Crippen LogP contribution in [0.1, 0.15) is 206 Å². The molecule has 2 aliphatic carbocycles. The molecule has 38 nitrogen and oxygen atoms in total. The van der Waals surface area contributed by atoms with Gasteiger partial charge >= 0.3 is 71.6 Å². The number of methoxy groups -OCH3 is 1. The van der Waals surface area contributed by atoms with Gasteiger partial charge < -0.3 is 73.3 Å². The molecule has 5 N–H and O–H groups in total. The zero-order chi connectivity index (χ0) is 103. The Hall–Kier alpha value is -13.4. The fourth-order valence-corrected chi connectivity index (χ4v) is 11.6. The van der Waals surface area contributed by atoms with Gasteiger partial charge in [0.25, 0.3) is 0 Å². The van der Waals surface area contributed by atoms with E-state index < -0.39 is 65.6 Å². The number of nitrogens with one attached hydrogen (secondary N) is 1. The molecule has 738 valence electrons. The average molecular weight is 2040 g/mol. The lowest BCUT2D eigenvalue weighted by atomic mass is 10.00. The summed E-state index contributed by atoms with van der Waals surface area (Å²) in [5, 5.41) is 5.79. The SMILES string of the molecule is C#CC(=O)OC.CCOC(=O)/C=C(/C)N.CCOC(=O)/C=C/C(C(=O)OCC)=C(\C)N.CCOC(=O)C1Cc2nc(Cl)ccc2C1=O.CCOC(=O)CC(C)=O.CCOC(=O)c1ccc(=O)[nH]c1C.CCOC(=O)c1ccc(Cl)nc1C.CCOC(=O)c1ccc(Cl)nc1CBr.CCOC(=O)c1ccc(Cl)nc1CC(C(=O)OCC)C(=O)OCC.Cn1cc(-c2ccc3c(n2)CCC3=O)cn1. The smallest absolute Gasteiger partial charge is 0.383 e. The number of terminal acetylenes is 1. The Kier molecular flexibility index (Phi) is 61.8. The summed E-state index contributed by atoms with van der Waals surface area (Å²) in [7, 11) is 3.11. The lowest BCUT2D eigenvalue weighted by Crippen LogP contribution is -2.31. The van der Waals surface area contributed by atoms with Gasteiger partial charge in [0.1, 0.15) is 38.7 Å². The zero-order valence-electron chi connectivity index (χ0n) is 78.7. The first-order valence-corrected chi connectivity index (χ1v) is 44.5. The van der Waals surface area contributed by atoms with Crippen molar-refractivity contribution in [3.05, 3.63) is 219 Å². The molecule has 136 heavy (non-hydrogen) atoms. The number of aromatic amines is 1. The molecule has 2 aliphatic rings. The second-order valence-electron chi connectivity index (χ2n) is 26.5. The monoisotopic (exact) mass is 2040 g/mol. The molecule has 0 saturated carbocycles. The fourth-order valence-electron chi connectivity index (χ4n) is 10.4. The maximum absolute atomic E-state index is 12.1. The van der Waals surface area contributed by atoms with Crippen LogP contribution in [0.2, 0.25) is 20.6 Å². The molecule has 9 rings (SSSR count). The van der Waals surface area contributed by atoms with E-state index in [4.69, 9.17) is 95.8 Å². The number of carbonyl (C=O) groups is 15. The number of hydrogen-bond acceptors (Lipinski definition) is 36. The van der Waals surface area contributed by atoms with Crippen LogP contribution in [0.15, 0.2) is 125 Å². The molecular formula is C93H113BrCl4N10O28. The molecule has 0 spiro atoms. The molecule has 7 aromatic rings. The number of fused-ring (bicyclic) bond motifs is 2. The number of hydrogen-bond donors (Lipinski definition) is 3. The Labute approximate surface area is 815 Å². The third-order valence-electron chi connectivity index (χ3n) is 16.3. The van der Waals surface area contributed by atoms with Crippen LogP contribution in [-0.2, 0) is 132 Å². The second kappa shape index (κ2) is 68.6. The van der Waals surface area contributed by atoms with Gasteiger partial charge in [0.2, 0.25) is 5.56 Å². The van der Waals surface area contributed by atoms with Crippen molar-refractivity contribution in [1.29, 1.82) is 0 Å². The first-order chi connectivity index (χ1) is 64.4. The summed E-state index contributed by atoms with van der Waals surface area (Å²) in [4.78, 5) is 202. The van der Waals surface area contributed by atoms with Gasteiger partial charge in [0, 0.05) is 95.8 Å². The van der Waals surface area contributed by atoms with E-state index in [2.05, 4.69) is 76.3 Å². The number of ether oxygens (including phenoxy) is 12. The van der Waals surface area contributed by atoms with Crippen molar-refractivity contribution in [2.45, 2.75) is 148 Å². The predicted molar refractivity (Wildman–Crippen MR) is 504 cm³/mol. The van der Waals surface area contributed by atoms with Crippen LogP contribution < -0.4 is 17.0 Å². The summed E-state index contributed by atoms with van der Waals surface area (Å²) in [6, 6.07) is 18.9. The maximum atomic E-state index is 12.1. The number of rotatable bonds is 28. The molecule has 0 bridgehead atoms. The number of alkyl halides is 1. The van der Waals surface area contributed by atoms with Crippen LogP contribution in [0.3, 0.4) is 0 Å². The minimum atomic E-state index is -1.23. The Morgan fingerprint density at radius 3 is 1.46 bits per heavy atom. The van der Waals surface area contributed by atoms with Crippen molar-refractivity contribution in [3.63, 3.8) is 0 Å². The van der Waals surface area contributed by atoms with E-state index in [1.54, 1.807) is 157 Å². The van der Waals surface area contributed by atoms with Crippen LogP contribution >= 0.6 is 62.3 Å². The number of aromatic nitrogens is 8. The summed E-state index contributed by atoms with van der Waals surface area (Å²) in [5.74, 6) is -6.64. The van der Waals surface area contributed by atoms with E-state index in [9.17, 15) is 76.7 Å². The molecular weight excluding hydrogens is 1930 g/mol. The third kappa shape index (κ3) is 47.5. The Morgan fingerprint density at radius 2 is 1.00 bits per heavy atom. The van der Waals surface area contributed by atoms with Gasteiger partial charge in [-0.2, -0.15) is 5.10 Å². The summed E-state index contributed by atoms with van der Waals surface area (Å²) >= 11 is 26.2. The molecule has 7 heterocycles. The number of allylic oxidation sites excluding steroid dienone is 2. The van der Waals surface area contributed by atoms with E-state index in [0.29, 0.717) is 117 Å². The molecule has 0 aromatic carbocycles. The first kappa shape index (κ1) is 123. The number of carbonyl (C=O) groups excluding carboxylic acids is 15. The van der Waals surface area contributed by atoms with Crippen LogP contribution in [0.4, 0.5) is 0 Å². The van der Waals surface area contributed by atoms with Gasteiger partial charge in [0.05, 0.1) is 148 Å². The highest BCUT2D eigenvalue weighted by Crippen LogP contribution is 2.29. The first-order valence-electron chi connectivity index (χ1n) is 41.8. The minimum absolute atomic E-state index is 0.103. The quantitative estimate of drug-likeness (QED) is 0.00472. The zero-order valence-corrected chi connectivity index (χ0v) is 83.3. The molecule has 0 radical (unpaired) electrons. The van der Waals surface area contributed by atoms with E-state index >= 15 is 0 Å². The fraction of sp³-hybridized carbons (Fsp3) is 0.398. The molecule has 0 saturated heterocycles. The van der Waals surface area contributed by atoms with Gasteiger partial charge in [-0.3, -0.25) is 48.0 Å². The Morgan fingerprint density at radius 1 is 0.537 bits per heavy atom. The molecule has 1 atom stereocenters. The molecule has 1 unspecified atom stereocenters. The van der Waals surface area contributed by atoms with Crippen molar-refractivity contribution in [3.8, 4) is 23.6 Å². The summed E-state index contributed by atoms with van der Waals surface area (Å²) < 4.78 is 58.3. The minimum Gasteiger partial charge on any atom is -0.466 e. The van der Waals surface area contributed by atoms with Crippen LogP contribution in [0, 0.1) is 38.0 Å². The van der Waals surface area contributed by atoms with Crippen molar-refractivity contribution in [2.24, 2.45) is 30.4 Å². The van der Waals surface area contributed by atoms with Crippen LogP contribution in [-0.4, -0.2) is 208 Å². The van der Waals surface area contributed by atoms with E-state index in [1.165, 1.54) is 50.5 Å². The number of nitrogens with zero attached hydrogens (tertiary/aromatic N) is 7. The Balaban J connectivity index is 0.00000151. The number of H-pyrrole nitrogens is 1. The van der Waals surface area contributed by atoms with Crippen molar-refractivity contribution in [2.75, 3.05) is 79.8 Å². The van der Waals surface area contributed by atoms with Gasteiger partial charge in [-0.05, 0) is 190 Å². The number of Topliss-reactive ketones (excluding diaryl/α,β-unsaturated/α-hetero) is 3. The molecule has 0 aliphatic heterocycles. The third-order valence-corrected chi connectivity index (χ3v) is 17.7. The van der Waals surface area contributed by atoms with E-state index in [0.717, 1.165) is 35.0 Å². The summed E-state index contributed by atoms with van der Waals surface area (Å²) in [5.41, 5.74) is 19.4. The maximum Gasteiger partial charge on any atom is 0.383 e. The van der Waals surface area contributed by atoms with E-state index in [1.807, 2.05) is 25.4 Å². The van der Waals surface area contributed by atoms with Gasteiger partial charge in [0.15, 0.2) is 17.5 Å². The highest BCUT2D eigenvalue weighted by molar-refractivity contribution is 9.08. The highest BCUT2D eigenvalue weighted by atomic mass is 79.9. The lowest BCUT2D eigenvalue weighted by molar-refractivity contribution is -0.162. The number of nitrogens with two attached hydrogens (primary N) is 2. The highest BCUT2D eigenvalue weighted by Gasteiger charge is 2.38. The van der Waals surface area contributed by atoms with Crippen molar-refractivity contribution >= 4 is 151 Å². The molecule has 0 fully saturated rings. The van der Waals surface area contributed by atoms with Crippen molar-refractivity contribution in [1.82, 2.24) is 39.7 Å².